The van der Waals surface area contributed by atoms with Crippen molar-refractivity contribution in [2.75, 3.05) is 13.1 Å². The molecule has 2 heterocycles. The third kappa shape index (κ3) is 3.69. The Labute approximate surface area is 134 Å². The van der Waals surface area contributed by atoms with Gasteiger partial charge in [-0.1, -0.05) is 0 Å². The molecule has 1 aromatic heterocycles. The first kappa shape index (κ1) is 17.0. The first-order chi connectivity index (χ1) is 10.7. The third-order valence-corrected chi connectivity index (χ3v) is 3.67. The summed E-state index contributed by atoms with van der Waals surface area (Å²) in [5.41, 5.74) is -0.771. The molecule has 8 heteroatoms. The van der Waals surface area contributed by atoms with Crippen molar-refractivity contribution in [3.05, 3.63) is 28.0 Å². The molecule has 3 amide bonds. The van der Waals surface area contributed by atoms with E-state index in [-0.39, 0.29) is 11.8 Å². The molecule has 0 unspecified atom stereocenters. The van der Waals surface area contributed by atoms with Crippen LogP contribution in [0.2, 0.25) is 0 Å². The van der Waals surface area contributed by atoms with Crippen LogP contribution in [0.4, 0.5) is 10.7 Å². The number of piperidine rings is 1. The highest BCUT2D eigenvalue weighted by Gasteiger charge is 2.38. The van der Waals surface area contributed by atoms with E-state index >= 15 is 0 Å². The number of urea groups is 1. The summed E-state index contributed by atoms with van der Waals surface area (Å²) in [6, 6.07) is 1.95. The van der Waals surface area contributed by atoms with Crippen LogP contribution in [0, 0.1) is 10.1 Å². The number of imide groups is 1. The van der Waals surface area contributed by atoms with Gasteiger partial charge in [-0.05, 0) is 46.1 Å². The van der Waals surface area contributed by atoms with Crippen molar-refractivity contribution in [2.45, 2.75) is 45.6 Å². The number of nitro groups is 1. The van der Waals surface area contributed by atoms with Crippen molar-refractivity contribution in [1.82, 2.24) is 9.80 Å². The molecule has 0 aliphatic carbocycles. The van der Waals surface area contributed by atoms with Crippen LogP contribution in [-0.4, -0.2) is 45.3 Å². The highest BCUT2D eigenvalue weighted by Crippen LogP contribution is 2.24. The van der Waals surface area contributed by atoms with Crippen LogP contribution in [0.15, 0.2) is 16.5 Å². The molecule has 23 heavy (non-hydrogen) atoms. The monoisotopic (exact) mass is 323 g/mol. The summed E-state index contributed by atoms with van der Waals surface area (Å²) in [4.78, 5) is 38.2. The highest BCUT2D eigenvalue weighted by atomic mass is 16.6. The zero-order valence-corrected chi connectivity index (χ0v) is 13.6. The first-order valence-corrected chi connectivity index (χ1v) is 7.59. The minimum atomic E-state index is -0.771. The molecule has 126 valence electrons. The summed E-state index contributed by atoms with van der Waals surface area (Å²) in [7, 11) is 0. The van der Waals surface area contributed by atoms with E-state index in [4.69, 9.17) is 4.42 Å². The Morgan fingerprint density at radius 2 is 1.83 bits per heavy atom. The van der Waals surface area contributed by atoms with E-state index in [1.165, 1.54) is 6.07 Å². The number of likely N-dealkylation sites (tertiary alicyclic amines) is 1. The molecule has 1 fully saturated rings. The minimum absolute atomic E-state index is 0.211. The predicted molar refractivity (Wildman–Crippen MR) is 82.1 cm³/mol. The first-order valence-electron chi connectivity index (χ1n) is 7.59. The van der Waals surface area contributed by atoms with Gasteiger partial charge in [0.2, 0.25) is 0 Å². The summed E-state index contributed by atoms with van der Waals surface area (Å²) in [5, 5.41) is 10.7. The third-order valence-electron chi connectivity index (χ3n) is 3.67. The Balaban J connectivity index is 2.28. The van der Waals surface area contributed by atoms with E-state index in [1.54, 1.807) is 25.7 Å². The number of hydrogen-bond donors (Lipinski definition) is 0. The van der Waals surface area contributed by atoms with Crippen molar-refractivity contribution in [3.8, 4) is 0 Å². The molecule has 1 aliphatic rings. The fraction of sp³-hybridized carbons (Fsp3) is 0.600. The number of hydrogen-bond acceptors (Lipinski definition) is 5. The van der Waals surface area contributed by atoms with Crippen molar-refractivity contribution in [2.24, 2.45) is 0 Å². The van der Waals surface area contributed by atoms with E-state index in [2.05, 4.69) is 0 Å². The van der Waals surface area contributed by atoms with E-state index in [0.29, 0.717) is 13.1 Å². The van der Waals surface area contributed by atoms with Gasteiger partial charge in [-0.2, -0.15) is 0 Å². The van der Waals surface area contributed by atoms with Crippen molar-refractivity contribution < 1.29 is 18.9 Å². The van der Waals surface area contributed by atoms with Crippen molar-refractivity contribution >= 4 is 17.8 Å². The number of carbonyl (C=O) groups excluding carboxylic acids is 2. The van der Waals surface area contributed by atoms with Crippen LogP contribution in [0.5, 0.6) is 0 Å². The Hall–Kier alpha value is -2.38. The largest absolute Gasteiger partial charge is 0.433 e. The van der Waals surface area contributed by atoms with Crippen LogP contribution in [-0.2, 0) is 0 Å². The SMILES string of the molecule is CC(C)(C)N(C(=O)c1ccc([N+](=O)[O-])o1)C(=O)N1CCCCC1. The van der Waals surface area contributed by atoms with Gasteiger partial charge in [0.25, 0.3) is 5.91 Å². The van der Waals surface area contributed by atoms with Gasteiger partial charge in [-0.15, -0.1) is 0 Å². The predicted octanol–water partition coefficient (Wildman–Crippen LogP) is 3.03. The van der Waals surface area contributed by atoms with E-state index in [0.717, 1.165) is 30.2 Å². The molecular weight excluding hydrogens is 302 g/mol. The molecule has 0 saturated carbocycles. The molecule has 1 aliphatic heterocycles. The zero-order valence-electron chi connectivity index (χ0n) is 13.6. The maximum Gasteiger partial charge on any atom is 0.433 e. The average Bonchev–Trinajstić information content (AvgIpc) is 2.96. The minimum Gasteiger partial charge on any atom is -0.395 e. The van der Waals surface area contributed by atoms with E-state index in [9.17, 15) is 19.7 Å². The number of amides is 3. The van der Waals surface area contributed by atoms with Gasteiger partial charge >= 0.3 is 11.9 Å². The lowest BCUT2D eigenvalue weighted by atomic mass is 10.1. The van der Waals surface area contributed by atoms with Gasteiger partial charge in [0.05, 0.1) is 6.07 Å². The molecule has 0 N–H and O–H groups in total. The van der Waals surface area contributed by atoms with Crippen molar-refractivity contribution in [1.29, 1.82) is 0 Å². The quantitative estimate of drug-likeness (QED) is 0.615. The number of carbonyl (C=O) groups is 2. The molecule has 0 aromatic carbocycles. The summed E-state index contributed by atoms with van der Waals surface area (Å²) in [5.74, 6) is -1.40. The number of furan rings is 1. The second-order valence-electron chi connectivity index (χ2n) is 6.54. The van der Waals surface area contributed by atoms with Crippen LogP contribution in [0.3, 0.4) is 0 Å². The average molecular weight is 323 g/mol. The van der Waals surface area contributed by atoms with Gasteiger partial charge in [-0.25, -0.2) is 4.79 Å². The Kier molecular flexibility index (Phi) is 4.72. The molecule has 8 nitrogen and oxygen atoms in total. The molecule has 0 spiro atoms. The molecular formula is C15H21N3O5. The van der Waals surface area contributed by atoms with Gasteiger partial charge < -0.3 is 9.32 Å². The van der Waals surface area contributed by atoms with Crippen LogP contribution in [0.1, 0.15) is 50.6 Å². The topological polar surface area (TPSA) is 96.9 Å². The zero-order chi connectivity index (χ0) is 17.2. The van der Waals surface area contributed by atoms with Gasteiger partial charge in [0.1, 0.15) is 4.92 Å². The molecule has 0 radical (unpaired) electrons. The summed E-state index contributed by atoms with van der Waals surface area (Å²) in [6.45, 7) is 6.44. The van der Waals surface area contributed by atoms with E-state index < -0.39 is 22.3 Å². The van der Waals surface area contributed by atoms with Crippen LogP contribution in [0.25, 0.3) is 0 Å². The summed E-state index contributed by atoms with van der Waals surface area (Å²) in [6.07, 6.45) is 2.88. The lowest BCUT2D eigenvalue weighted by molar-refractivity contribution is -0.402. The molecule has 1 aromatic rings. The van der Waals surface area contributed by atoms with Crippen LogP contribution >= 0.6 is 0 Å². The van der Waals surface area contributed by atoms with Gasteiger partial charge in [0, 0.05) is 18.6 Å². The van der Waals surface area contributed by atoms with Crippen molar-refractivity contribution in [3.63, 3.8) is 0 Å². The van der Waals surface area contributed by atoms with Gasteiger partial charge in [0.15, 0.2) is 5.76 Å². The normalized spacial score (nSPS) is 15.3. The van der Waals surface area contributed by atoms with Gasteiger partial charge in [-0.3, -0.25) is 19.8 Å². The summed E-state index contributed by atoms with van der Waals surface area (Å²) >= 11 is 0. The van der Waals surface area contributed by atoms with E-state index in [1.807, 2.05) is 0 Å². The Morgan fingerprint density at radius 3 is 2.30 bits per heavy atom. The molecule has 0 bridgehead atoms. The Morgan fingerprint density at radius 1 is 1.22 bits per heavy atom. The maximum atomic E-state index is 12.8. The fourth-order valence-corrected chi connectivity index (χ4v) is 2.56. The smallest absolute Gasteiger partial charge is 0.395 e. The molecule has 2 rings (SSSR count). The fourth-order valence-electron chi connectivity index (χ4n) is 2.56. The Bertz CT molecular complexity index is 611. The second-order valence-corrected chi connectivity index (χ2v) is 6.54. The molecule has 0 atom stereocenters. The lowest BCUT2D eigenvalue weighted by Crippen LogP contribution is -2.55. The maximum absolute atomic E-state index is 12.8. The highest BCUT2D eigenvalue weighted by molar-refractivity contribution is 6.03. The molecule has 1 saturated heterocycles. The van der Waals surface area contributed by atoms with Crippen LogP contribution < -0.4 is 0 Å². The second kappa shape index (κ2) is 6.39. The summed E-state index contributed by atoms with van der Waals surface area (Å²) < 4.78 is 4.96. The number of nitrogens with zero attached hydrogens (tertiary/aromatic N) is 3. The lowest BCUT2D eigenvalue weighted by Gasteiger charge is -2.38. The standard InChI is InChI=1S/C15H21N3O5/c1-15(2,3)17(14(20)16-9-5-4-6-10-16)13(19)11-7-8-12(23-11)18(21)22/h7-8H,4-6,9-10H2,1-3H3. The number of rotatable bonds is 2.